The van der Waals surface area contributed by atoms with Gasteiger partial charge in [0.15, 0.2) is 0 Å². The maximum atomic E-state index is 5.83. The van der Waals surface area contributed by atoms with Gasteiger partial charge in [-0.05, 0) is 51.3 Å². The number of hydrogen-bond donors (Lipinski definition) is 1. The van der Waals surface area contributed by atoms with Gasteiger partial charge < -0.3 is 10.1 Å². The zero-order valence-electron chi connectivity index (χ0n) is 10.6. The summed E-state index contributed by atoms with van der Waals surface area (Å²) >= 11 is 0. The summed E-state index contributed by atoms with van der Waals surface area (Å²) < 4.78 is 5.83. The van der Waals surface area contributed by atoms with E-state index in [4.69, 9.17) is 4.74 Å². The molecule has 0 bridgehead atoms. The van der Waals surface area contributed by atoms with Crippen molar-refractivity contribution in [2.75, 3.05) is 11.9 Å². The Kier molecular flexibility index (Phi) is 3.20. The summed E-state index contributed by atoms with van der Waals surface area (Å²) in [5.74, 6) is 0. The molecule has 0 aromatic heterocycles. The fraction of sp³-hybridized carbons (Fsp3) is 0.571. The van der Waals surface area contributed by atoms with Crippen LogP contribution in [0.25, 0.3) is 0 Å². The first kappa shape index (κ1) is 11.5. The number of aryl methyl sites for hydroxylation is 2. The van der Waals surface area contributed by atoms with Crippen LogP contribution in [0.5, 0.6) is 0 Å². The Labute approximate surface area is 98.0 Å². The lowest BCUT2D eigenvalue weighted by Crippen LogP contribution is -2.27. The van der Waals surface area contributed by atoms with Crippen LogP contribution >= 0.6 is 0 Å². The van der Waals surface area contributed by atoms with E-state index < -0.39 is 0 Å². The summed E-state index contributed by atoms with van der Waals surface area (Å²) in [5, 5.41) is 3.54. The van der Waals surface area contributed by atoms with Crippen LogP contribution in [0, 0.1) is 13.8 Å². The van der Waals surface area contributed by atoms with Gasteiger partial charge in [-0.15, -0.1) is 0 Å². The molecular weight excluding hydrogens is 198 g/mol. The van der Waals surface area contributed by atoms with Crippen LogP contribution in [0.15, 0.2) is 12.1 Å². The summed E-state index contributed by atoms with van der Waals surface area (Å²) in [7, 11) is 0. The van der Waals surface area contributed by atoms with Gasteiger partial charge in [0.05, 0.1) is 6.10 Å². The predicted octanol–water partition coefficient (Wildman–Crippen LogP) is 3.59. The molecule has 0 spiro atoms. The van der Waals surface area contributed by atoms with E-state index in [0.717, 1.165) is 13.0 Å². The molecule has 16 heavy (non-hydrogen) atoms. The van der Waals surface area contributed by atoms with E-state index in [0.29, 0.717) is 6.04 Å². The van der Waals surface area contributed by atoms with Crippen molar-refractivity contribution in [3.05, 3.63) is 28.8 Å². The van der Waals surface area contributed by atoms with Gasteiger partial charge in [-0.1, -0.05) is 6.07 Å². The van der Waals surface area contributed by atoms with Crippen molar-refractivity contribution < 1.29 is 4.74 Å². The molecule has 2 atom stereocenters. The molecule has 0 saturated heterocycles. The maximum absolute atomic E-state index is 5.83. The molecule has 1 N–H and O–H groups in total. The van der Waals surface area contributed by atoms with E-state index in [1.807, 2.05) is 0 Å². The van der Waals surface area contributed by atoms with Gasteiger partial charge in [-0.2, -0.15) is 0 Å². The molecule has 0 aliphatic carbocycles. The van der Waals surface area contributed by atoms with E-state index in [-0.39, 0.29) is 6.10 Å². The van der Waals surface area contributed by atoms with Crippen molar-refractivity contribution >= 4 is 5.69 Å². The molecule has 2 heteroatoms. The molecule has 0 fully saturated rings. The van der Waals surface area contributed by atoms with Crippen LogP contribution in [-0.4, -0.2) is 12.6 Å². The number of anilines is 1. The van der Waals surface area contributed by atoms with Crippen molar-refractivity contribution in [3.8, 4) is 0 Å². The smallest absolute Gasteiger partial charge is 0.0864 e. The standard InChI is InChI=1S/C14H21NO/c1-5-16-14-8-11(4)15-13-7-10(3)9(2)6-12(13)14/h6-7,11,14-15H,5,8H2,1-4H3/t11-,14+/m1/s1. The van der Waals surface area contributed by atoms with Gasteiger partial charge in [-0.3, -0.25) is 0 Å². The molecule has 1 aromatic carbocycles. The third-order valence-electron chi connectivity index (χ3n) is 3.35. The summed E-state index contributed by atoms with van der Waals surface area (Å²) in [6.07, 6.45) is 1.32. The highest BCUT2D eigenvalue weighted by Crippen LogP contribution is 2.36. The van der Waals surface area contributed by atoms with Crippen molar-refractivity contribution in [3.63, 3.8) is 0 Å². The number of rotatable bonds is 2. The van der Waals surface area contributed by atoms with E-state index in [1.165, 1.54) is 22.4 Å². The van der Waals surface area contributed by atoms with Gasteiger partial charge in [0.1, 0.15) is 0 Å². The lowest BCUT2D eigenvalue weighted by molar-refractivity contribution is 0.0512. The number of fused-ring (bicyclic) bond motifs is 1. The fourth-order valence-electron chi connectivity index (χ4n) is 2.36. The monoisotopic (exact) mass is 219 g/mol. The average Bonchev–Trinajstić information content (AvgIpc) is 2.21. The fourth-order valence-corrected chi connectivity index (χ4v) is 2.36. The number of ether oxygens (including phenoxy) is 1. The summed E-state index contributed by atoms with van der Waals surface area (Å²) in [5.41, 5.74) is 5.26. The zero-order chi connectivity index (χ0) is 11.7. The molecule has 1 aliphatic rings. The molecule has 1 aromatic rings. The molecule has 88 valence electrons. The lowest BCUT2D eigenvalue weighted by atomic mass is 9.92. The Morgan fingerprint density at radius 1 is 1.31 bits per heavy atom. The van der Waals surface area contributed by atoms with Crippen LogP contribution < -0.4 is 5.32 Å². The summed E-state index contributed by atoms with van der Waals surface area (Å²) in [6.45, 7) is 9.38. The van der Waals surface area contributed by atoms with Crippen molar-refractivity contribution in [1.82, 2.24) is 0 Å². The van der Waals surface area contributed by atoms with Gasteiger partial charge in [0.2, 0.25) is 0 Å². The van der Waals surface area contributed by atoms with Gasteiger partial charge in [0, 0.05) is 23.9 Å². The van der Waals surface area contributed by atoms with Gasteiger partial charge >= 0.3 is 0 Å². The molecule has 0 radical (unpaired) electrons. The highest BCUT2D eigenvalue weighted by Gasteiger charge is 2.24. The molecule has 2 nitrogen and oxygen atoms in total. The van der Waals surface area contributed by atoms with Crippen molar-refractivity contribution in [2.45, 2.75) is 46.3 Å². The summed E-state index contributed by atoms with van der Waals surface area (Å²) in [4.78, 5) is 0. The highest BCUT2D eigenvalue weighted by atomic mass is 16.5. The van der Waals surface area contributed by atoms with Crippen LogP contribution in [0.3, 0.4) is 0 Å². The number of hydrogen-bond acceptors (Lipinski definition) is 2. The largest absolute Gasteiger partial charge is 0.382 e. The van der Waals surface area contributed by atoms with E-state index in [1.54, 1.807) is 0 Å². The zero-order valence-corrected chi connectivity index (χ0v) is 10.6. The minimum absolute atomic E-state index is 0.260. The Morgan fingerprint density at radius 3 is 2.69 bits per heavy atom. The quantitative estimate of drug-likeness (QED) is 0.820. The normalized spacial score (nSPS) is 23.8. The van der Waals surface area contributed by atoms with E-state index >= 15 is 0 Å². The van der Waals surface area contributed by atoms with E-state index in [9.17, 15) is 0 Å². The van der Waals surface area contributed by atoms with E-state index in [2.05, 4.69) is 45.1 Å². The summed E-state index contributed by atoms with van der Waals surface area (Å²) in [6, 6.07) is 5.00. The van der Waals surface area contributed by atoms with Crippen LogP contribution in [-0.2, 0) is 4.74 Å². The Morgan fingerprint density at radius 2 is 2.00 bits per heavy atom. The minimum atomic E-state index is 0.260. The lowest BCUT2D eigenvalue weighted by Gasteiger charge is -2.32. The first-order chi connectivity index (χ1) is 7.61. The highest BCUT2D eigenvalue weighted by molar-refractivity contribution is 5.58. The molecule has 2 rings (SSSR count). The number of nitrogens with one attached hydrogen (secondary N) is 1. The number of benzene rings is 1. The second kappa shape index (κ2) is 4.46. The topological polar surface area (TPSA) is 21.3 Å². The van der Waals surface area contributed by atoms with Crippen LogP contribution in [0.4, 0.5) is 5.69 Å². The predicted molar refractivity (Wildman–Crippen MR) is 68.0 cm³/mol. The maximum Gasteiger partial charge on any atom is 0.0864 e. The third kappa shape index (κ3) is 2.07. The molecule has 1 aliphatic heterocycles. The minimum Gasteiger partial charge on any atom is -0.382 e. The van der Waals surface area contributed by atoms with Crippen LogP contribution in [0.2, 0.25) is 0 Å². The first-order valence-electron chi connectivity index (χ1n) is 6.11. The molecule has 0 amide bonds. The van der Waals surface area contributed by atoms with Gasteiger partial charge in [0.25, 0.3) is 0 Å². The Balaban J connectivity index is 2.40. The third-order valence-corrected chi connectivity index (χ3v) is 3.35. The SMILES string of the molecule is CCO[C@H]1C[C@@H](C)Nc2cc(C)c(C)cc21. The second-order valence-corrected chi connectivity index (χ2v) is 4.75. The van der Waals surface area contributed by atoms with Gasteiger partial charge in [-0.25, -0.2) is 0 Å². The van der Waals surface area contributed by atoms with Crippen LogP contribution in [0.1, 0.15) is 43.1 Å². The molecular formula is C14H21NO. The van der Waals surface area contributed by atoms with Crippen molar-refractivity contribution in [2.24, 2.45) is 0 Å². The Bertz CT molecular complexity index is 387. The molecule has 0 unspecified atom stereocenters. The molecule has 0 saturated carbocycles. The van der Waals surface area contributed by atoms with Crippen molar-refractivity contribution in [1.29, 1.82) is 0 Å². The Hall–Kier alpha value is -1.02. The first-order valence-corrected chi connectivity index (χ1v) is 6.11. The molecule has 1 heterocycles. The second-order valence-electron chi connectivity index (χ2n) is 4.75. The average molecular weight is 219 g/mol.